The first-order valence-electron chi connectivity index (χ1n) is 6.30. The molecule has 4 nitrogen and oxygen atoms in total. The molecule has 0 heterocycles. The molecule has 2 rings (SSSR count). The number of aryl methyl sites for hydroxylation is 1. The summed E-state index contributed by atoms with van der Waals surface area (Å²) in [5, 5.41) is 0.293. The topological polar surface area (TPSA) is 39.9 Å². The average Bonchev–Trinajstić information content (AvgIpc) is 2.52. The molecule has 0 aliphatic heterocycles. The van der Waals surface area contributed by atoms with Crippen molar-refractivity contribution in [2.24, 2.45) is 0 Å². The second-order valence-electron chi connectivity index (χ2n) is 4.51. The molecule has 0 aliphatic rings. The first kappa shape index (κ1) is 17.4. The first-order valence-corrected chi connectivity index (χ1v) is 7.44. The van der Waals surface area contributed by atoms with E-state index in [2.05, 4.69) is 4.85 Å². The lowest BCUT2D eigenvalue weighted by molar-refractivity contribution is 0.0731. The summed E-state index contributed by atoms with van der Waals surface area (Å²) in [6.07, 6.45) is 0. The highest BCUT2D eigenvalue weighted by Gasteiger charge is 2.23. The van der Waals surface area contributed by atoms with E-state index in [0.717, 1.165) is 5.56 Å². The number of hydrogen-bond acceptors (Lipinski definition) is 3. The van der Waals surface area contributed by atoms with Crippen LogP contribution >= 0.6 is 34.8 Å². The Morgan fingerprint density at radius 1 is 1.09 bits per heavy atom. The molecule has 0 bridgehead atoms. The number of halogens is 3. The minimum atomic E-state index is -0.755. The summed E-state index contributed by atoms with van der Waals surface area (Å²) >= 11 is 18.1. The molecule has 0 spiro atoms. The van der Waals surface area contributed by atoms with Crippen LogP contribution in [0.1, 0.15) is 15.9 Å². The maximum Gasteiger partial charge on any atom is 0.348 e. The third-order valence-electron chi connectivity index (χ3n) is 3.02. The predicted octanol–water partition coefficient (Wildman–Crippen LogP) is 5.73. The standard InChI is InChI=1S/C16H10Cl3NO3/c1-8-4-5-10(17)13(14(8)22-3)16(21)23-15-11(18)6-9(20-2)7-12(15)19/h4-7H,1,3H3. The molecule has 2 aromatic rings. The van der Waals surface area contributed by atoms with Crippen LogP contribution in [0.2, 0.25) is 15.1 Å². The SMILES string of the molecule is [C-]#[N+]c1cc(Cl)c(OC(=O)c2c(Cl)ccc(C)c2OC)c(Cl)c1. The zero-order valence-electron chi connectivity index (χ0n) is 12.1. The molecule has 0 radical (unpaired) electrons. The van der Waals surface area contributed by atoms with E-state index in [1.165, 1.54) is 19.2 Å². The van der Waals surface area contributed by atoms with Crippen molar-refractivity contribution in [3.05, 3.63) is 61.9 Å². The number of esters is 1. The minimum absolute atomic E-state index is 0.0367. The summed E-state index contributed by atoms with van der Waals surface area (Å²) in [6, 6.07) is 6.01. The molecule has 23 heavy (non-hydrogen) atoms. The van der Waals surface area contributed by atoms with Gasteiger partial charge < -0.3 is 9.47 Å². The third-order valence-corrected chi connectivity index (χ3v) is 3.90. The molecule has 2 aromatic carbocycles. The molecule has 0 fully saturated rings. The molecule has 0 aliphatic carbocycles. The van der Waals surface area contributed by atoms with Crippen molar-refractivity contribution in [1.29, 1.82) is 0 Å². The highest BCUT2D eigenvalue weighted by Crippen LogP contribution is 2.39. The van der Waals surface area contributed by atoms with E-state index in [9.17, 15) is 4.79 Å². The normalized spacial score (nSPS) is 10.1. The van der Waals surface area contributed by atoms with E-state index in [1.54, 1.807) is 19.1 Å². The fraction of sp³-hybridized carbons (Fsp3) is 0.125. The maximum atomic E-state index is 12.5. The fourth-order valence-corrected chi connectivity index (χ4v) is 2.75. The number of methoxy groups -OCH3 is 1. The zero-order chi connectivity index (χ0) is 17.1. The molecule has 0 aromatic heterocycles. The van der Waals surface area contributed by atoms with Crippen molar-refractivity contribution in [2.75, 3.05) is 7.11 Å². The minimum Gasteiger partial charge on any atom is -0.496 e. The monoisotopic (exact) mass is 369 g/mol. The molecule has 0 saturated heterocycles. The van der Waals surface area contributed by atoms with Gasteiger partial charge in [-0.1, -0.05) is 40.9 Å². The average molecular weight is 371 g/mol. The molecule has 0 unspecified atom stereocenters. The number of ether oxygens (including phenoxy) is 2. The van der Waals surface area contributed by atoms with Gasteiger partial charge in [0.05, 0.1) is 28.7 Å². The quantitative estimate of drug-likeness (QED) is 0.393. The summed E-state index contributed by atoms with van der Waals surface area (Å²) < 4.78 is 10.5. The van der Waals surface area contributed by atoms with Gasteiger partial charge in [-0.25, -0.2) is 9.64 Å². The lowest BCUT2D eigenvalue weighted by Gasteiger charge is -2.14. The van der Waals surface area contributed by atoms with Crippen LogP contribution < -0.4 is 9.47 Å². The summed E-state index contributed by atoms with van der Waals surface area (Å²) in [6.45, 7) is 8.73. The molecular formula is C16H10Cl3NO3. The van der Waals surface area contributed by atoms with Crippen LogP contribution in [0.5, 0.6) is 11.5 Å². The Morgan fingerprint density at radius 3 is 2.22 bits per heavy atom. The van der Waals surface area contributed by atoms with E-state index in [-0.39, 0.29) is 32.1 Å². The largest absolute Gasteiger partial charge is 0.496 e. The number of carbonyl (C=O) groups excluding carboxylic acids is 1. The Labute approximate surface area is 148 Å². The number of hydrogen-bond donors (Lipinski definition) is 0. The molecule has 7 heteroatoms. The van der Waals surface area contributed by atoms with Gasteiger partial charge >= 0.3 is 5.97 Å². The van der Waals surface area contributed by atoms with Gasteiger partial charge in [0.25, 0.3) is 0 Å². The van der Waals surface area contributed by atoms with Gasteiger partial charge in [0.1, 0.15) is 11.3 Å². The molecule has 0 atom stereocenters. The Morgan fingerprint density at radius 2 is 1.70 bits per heavy atom. The third kappa shape index (κ3) is 3.53. The van der Waals surface area contributed by atoms with E-state index < -0.39 is 5.97 Å². The second kappa shape index (κ2) is 7.10. The number of benzene rings is 2. The Bertz CT molecular complexity index is 805. The van der Waals surface area contributed by atoms with Gasteiger partial charge in [0.15, 0.2) is 11.4 Å². The number of nitrogens with zero attached hydrogens (tertiary/aromatic N) is 1. The number of rotatable bonds is 3. The summed E-state index contributed by atoms with van der Waals surface area (Å²) in [4.78, 5) is 15.7. The zero-order valence-corrected chi connectivity index (χ0v) is 14.4. The van der Waals surface area contributed by atoms with Crippen LogP contribution in [0, 0.1) is 13.5 Å². The highest BCUT2D eigenvalue weighted by atomic mass is 35.5. The summed E-state index contributed by atoms with van der Waals surface area (Å²) in [7, 11) is 1.43. The van der Waals surface area contributed by atoms with Gasteiger partial charge in [-0.2, -0.15) is 0 Å². The van der Waals surface area contributed by atoms with E-state index >= 15 is 0 Å². The van der Waals surface area contributed by atoms with Crippen molar-refractivity contribution in [1.82, 2.24) is 0 Å². The summed E-state index contributed by atoms with van der Waals surface area (Å²) in [5.74, 6) is -0.479. The van der Waals surface area contributed by atoms with Crippen LogP contribution in [-0.4, -0.2) is 13.1 Å². The van der Waals surface area contributed by atoms with Crippen LogP contribution in [0.25, 0.3) is 4.85 Å². The fourth-order valence-electron chi connectivity index (χ4n) is 1.97. The van der Waals surface area contributed by atoms with Crippen LogP contribution in [0.3, 0.4) is 0 Å². The van der Waals surface area contributed by atoms with Crippen molar-refractivity contribution >= 4 is 46.5 Å². The predicted molar refractivity (Wildman–Crippen MR) is 90.4 cm³/mol. The number of carbonyl (C=O) groups is 1. The molecule has 0 saturated carbocycles. The molecule has 118 valence electrons. The first-order chi connectivity index (χ1) is 10.9. The van der Waals surface area contributed by atoms with Crippen molar-refractivity contribution < 1.29 is 14.3 Å². The van der Waals surface area contributed by atoms with Gasteiger partial charge in [-0.3, -0.25) is 0 Å². The van der Waals surface area contributed by atoms with Crippen LogP contribution in [-0.2, 0) is 0 Å². The van der Waals surface area contributed by atoms with Gasteiger partial charge in [-0.05, 0) is 30.7 Å². The van der Waals surface area contributed by atoms with Gasteiger partial charge in [0, 0.05) is 0 Å². The van der Waals surface area contributed by atoms with Gasteiger partial charge in [-0.15, -0.1) is 0 Å². The van der Waals surface area contributed by atoms with Gasteiger partial charge in [0.2, 0.25) is 0 Å². The second-order valence-corrected chi connectivity index (χ2v) is 5.73. The Balaban J connectivity index is 2.46. The van der Waals surface area contributed by atoms with Crippen molar-refractivity contribution in [3.63, 3.8) is 0 Å². The smallest absolute Gasteiger partial charge is 0.348 e. The maximum absolute atomic E-state index is 12.5. The van der Waals surface area contributed by atoms with E-state index in [1.807, 2.05) is 0 Å². The lowest BCUT2D eigenvalue weighted by Crippen LogP contribution is -2.12. The molecule has 0 N–H and O–H groups in total. The lowest BCUT2D eigenvalue weighted by atomic mass is 10.1. The van der Waals surface area contributed by atoms with E-state index in [0.29, 0.717) is 5.75 Å². The Hall–Kier alpha value is -1.93. The summed E-state index contributed by atoms with van der Waals surface area (Å²) in [5.41, 5.74) is 1.05. The van der Waals surface area contributed by atoms with Crippen molar-refractivity contribution in [2.45, 2.75) is 6.92 Å². The van der Waals surface area contributed by atoms with E-state index in [4.69, 9.17) is 50.8 Å². The van der Waals surface area contributed by atoms with Crippen LogP contribution in [0.4, 0.5) is 5.69 Å². The van der Waals surface area contributed by atoms with Crippen molar-refractivity contribution in [3.8, 4) is 11.5 Å². The van der Waals surface area contributed by atoms with Crippen LogP contribution in [0.15, 0.2) is 24.3 Å². The molecular weight excluding hydrogens is 361 g/mol. The Kier molecular flexibility index (Phi) is 5.38. The molecule has 0 amide bonds. The highest BCUT2D eigenvalue weighted by molar-refractivity contribution is 6.38.